The average Bonchev–Trinajstić information content (AvgIpc) is 2.56. The van der Waals surface area contributed by atoms with Crippen molar-refractivity contribution < 1.29 is 14.3 Å². The minimum absolute atomic E-state index is 0.238. The van der Waals surface area contributed by atoms with Crippen LogP contribution in [0.3, 0.4) is 0 Å². The van der Waals surface area contributed by atoms with Crippen molar-refractivity contribution in [2.75, 3.05) is 20.0 Å². The van der Waals surface area contributed by atoms with Crippen LogP contribution >= 0.6 is 11.6 Å². The van der Waals surface area contributed by atoms with Gasteiger partial charge in [0.2, 0.25) is 0 Å². The van der Waals surface area contributed by atoms with Gasteiger partial charge in [0.15, 0.2) is 11.5 Å². The highest BCUT2D eigenvalue weighted by Gasteiger charge is 2.25. The van der Waals surface area contributed by atoms with E-state index in [1.807, 2.05) is 32.0 Å². The highest BCUT2D eigenvalue weighted by Crippen LogP contribution is 2.32. The van der Waals surface area contributed by atoms with E-state index in [2.05, 4.69) is 5.32 Å². The summed E-state index contributed by atoms with van der Waals surface area (Å²) in [5.41, 5.74) is 6.84. The molecule has 2 aromatic carbocycles. The van der Waals surface area contributed by atoms with Crippen molar-refractivity contribution in [1.82, 2.24) is 5.32 Å². The summed E-state index contributed by atoms with van der Waals surface area (Å²) in [5.74, 6) is 1.00. The van der Waals surface area contributed by atoms with E-state index in [9.17, 15) is 4.79 Å². The Balaban J connectivity index is 2.26. The van der Waals surface area contributed by atoms with E-state index >= 15 is 0 Å². The largest absolute Gasteiger partial charge is 0.493 e. The number of anilines is 1. The molecule has 0 bridgehead atoms. The van der Waals surface area contributed by atoms with Crippen molar-refractivity contribution in [3.63, 3.8) is 0 Å². The van der Waals surface area contributed by atoms with E-state index in [0.29, 0.717) is 27.8 Å². The molecule has 6 heteroatoms. The van der Waals surface area contributed by atoms with Gasteiger partial charge in [-0.15, -0.1) is 0 Å². The molecule has 0 fully saturated rings. The molecule has 0 saturated heterocycles. The maximum atomic E-state index is 12.5. The van der Waals surface area contributed by atoms with Crippen LogP contribution in [0.4, 0.5) is 5.69 Å². The molecule has 0 aliphatic carbocycles. The highest BCUT2D eigenvalue weighted by atomic mass is 35.5. The van der Waals surface area contributed by atoms with Gasteiger partial charge in [-0.25, -0.2) is 0 Å². The molecule has 0 aliphatic heterocycles. The molecular weight excluding hydrogens is 328 g/mol. The van der Waals surface area contributed by atoms with Gasteiger partial charge in [0.05, 0.1) is 30.5 Å². The number of hydrogen-bond donors (Lipinski definition) is 2. The number of ether oxygens (including phenoxy) is 2. The maximum Gasteiger partial charge on any atom is 0.252 e. The summed E-state index contributed by atoms with van der Waals surface area (Å²) < 4.78 is 10.6. The Bertz CT molecular complexity index is 760. The van der Waals surface area contributed by atoms with Gasteiger partial charge in [0, 0.05) is 5.56 Å². The lowest BCUT2D eigenvalue weighted by Crippen LogP contribution is -2.41. The lowest BCUT2D eigenvalue weighted by atomic mass is 9.93. The predicted octanol–water partition coefficient (Wildman–Crippen LogP) is 3.60. The molecule has 0 heterocycles. The van der Waals surface area contributed by atoms with Crippen molar-refractivity contribution in [2.24, 2.45) is 0 Å². The Hall–Kier alpha value is -2.40. The third kappa shape index (κ3) is 3.74. The zero-order valence-corrected chi connectivity index (χ0v) is 14.9. The van der Waals surface area contributed by atoms with Crippen LogP contribution in [0.25, 0.3) is 0 Å². The number of nitrogen functional groups attached to an aromatic ring is 1. The Kier molecular flexibility index (Phi) is 5.24. The van der Waals surface area contributed by atoms with Crippen molar-refractivity contribution in [2.45, 2.75) is 19.4 Å². The fourth-order valence-corrected chi connectivity index (χ4v) is 2.46. The molecule has 5 nitrogen and oxygen atoms in total. The van der Waals surface area contributed by atoms with Crippen molar-refractivity contribution in [1.29, 1.82) is 0 Å². The maximum absolute atomic E-state index is 12.5. The van der Waals surface area contributed by atoms with Crippen molar-refractivity contribution in [3.05, 3.63) is 52.5 Å². The summed E-state index contributed by atoms with van der Waals surface area (Å²) >= 11 is 5.89. The first kappa shape index (κ1) is 17.9. The van der Waals surface area contributed by atoms with Crippen LogP contribution in [0.15, 0.2) is 36.4 Å². The predicted molar refractivity (Wildman–Crippen MR) is 95.9 cm³/mol. The number of amides is 1. The number of carbonyl (C=O) groups excluding carboxylic acids is 1. The number of benzene rings is 2. The van der Waals surface area contributed by atoms with Crippen LogP contribution in [0.1, 0.15) is 29.8 Å². The molecule has 0 atom stereocenters. The second-order valence-corrected chi connectivity index (χ2v) is 6.29. The monoisotopic (exact) mass is 348 g/mol. The molecule has 0 unspecified atom stereocenters. The van der Waals surface area contributed by atoms with Gasteiger partial charge in [-0.2, -0.15) is 0 Å². The third-order valence-corrected chi connectivity index (χ3v) is 4.13. The van der Waals surface area contributed by atoms with Gasteiger partial charge in [0.25, 0.3) is 5.91 Å². The second-order valence-electron chi connectivity index (χ2n) is 5.89. The zero-order valence-electron chi connectivity index (χ0n) is 14.1. The summed E-state index contributed by atoms with van der Waals surface area (Å²) in [6, 6.07) is 10.3. The molecule has 0 aliphatic rings. The van der Waals surface area contributed by atoms with E-state index in [-0.39, 0.29) is 5.91 Å². The Morgan fingerprint density at radius 2 is 1.75 bits per heavy atom. The fourth-order valence-electron chi connectivity index (χ4n) is 2.34. The van der Waals surface area contributed by atoms with E-state index < -0.39 is 5.54 Å². The standard InChI is InChI=1S/C18H21ClN2O3/c1-18(2,12-6-8-15(23-3)16(10-12)24-4)21-17(22)11-5-7-13(19)14(20)9-11/h5-10H,20H2,1-4H3,(H,21,22). The van der Waals surface area contributed by atoms with Gasteiger partial charge in [0.1, 0.15) is 0 Å². The molecular formula is C18H21ClN2O3. The molecule has 24 heavy (non-hydrogen) atoms. The fraction of sp³-hybridized carbons (Fsp3) is 0.278. The van der Waals surface area contributed by atoms with Crippen LogP contribution < -0.4 is 20.5 Å². The molecule has 0 aromatic heterocycles. The summed E-state index contributed by atoms with van der Waals surface area (Å²) in [4.78, 5) is 12.5. The molecule has 1 amide bonds. The first-order valence-corrected chi connectivity index (χ1v) is 7.76. The quantitative estimate of drug-likeness (QED) is 0.809. The first-order chi connectivity index (χ1) is 11.3. The van der Waals surface area contributed by atoms with Gasteiger partial charge in [-0.3, -0.25) is 4.79 Å². The third-order valence-electron chi connectivity index (χ3n) is 3.79. The van der Waals surface area contributed by atoms with Crippen LogP contribution in [-0.2, 0) is 5.54 Å². The van der Waals surface area contributed by atoms with Crippen LogP contribution in [0.5, 0.6) is 11.5 Å². The Morgan fingerprint density at radius 1 is 1.08 bits per heavy atom. The topological polar surface area (TPSA) is 73.6 Å². The number of hydrogen-bond acceptors (Lipinski definition) is 4. The molecule has 128 valence electrons. The smallest absolute Gasteiger partial charge is 0.252 e. The molecule has 3 N–H and O–H groups in total. The SMILES string of the molecule is COc1ccc(C(C)(C)NC(=O)c2ccc(Cl)c(N)c2)cc1OC. The van der Waals surface area contributed by atoms with Crippen LogP contribution in [0.2, 0.25) is 5.02 Å². The minimum atomic E-state index is -0.620. The van der Waals surface area contributed by atoms with Gasteiger partial charge < -0.3 is 20.5 Å². The molecule has 0 saturated carbocycles. The van der Waals surface area contributed by atoms with Crippen molar-refractivity contribution in [3.8, 4) is 11.5 Å². The summed E-state index contributed by atoms with van der Waals surface area (Å²) in [6.45, 7) is 3.82. The number of rotatable bonds is 5. The number of methoxy groups -OCH3 is 2. The average molecular weight is 349 g/mol. The van der Waals surface area contributed by atoms with Gasteiger partial charge >= 0.3 is 0 Å². The Morgan fingerprint density at radius 3 is 2.33 bits per heavy atom. The number of carbonyl (C=O) groups is 1. The molecule has 2 aromatic rings. The first-order valence-electron chi connectivity index (χ1n) is 7.38. The van der Waals surface area contributed by atoms with Gasteiger partial charge in [-0.1, -0.05) is 17.7 Å². The number of halogens is 1. The highest BCUT2D eigenvalue weighted by molar-refractivity contribution is 6.33. The minimum Gasteiger partial charge on any atom is -0.493 e. The van der Waals surface area contributed by atoms with E-state index in [1.54, 1.807) is 32.4 Å². The number of nitrogens with two attached hydrogens (primary N) is 1. The van der Waals surface area contributed by atoms with Gasteiger partial charge in [-0.05, 0) is 49.7 Å². The molecule has 0 radical (unpaired) electrons. The zero-order chi connectivity index (χ0) is 17.9. The molecule has 2 rings (SSSR count). The van der Waals surface area contributed by atoms with Crippen LogP contribution in [0, 0.1) is 0 Å². The van der Waals surface area contributed by atoms with Crippen LogP contribution in [-0.4, -0.2) is 20.1 Å². The lowest BCUT2D eigenvalue weighted by Gasteiger charge is -2.28. The summed E-state index contributed by atoms with van der Waals surface area (Å²) in [5, 5.41) is 3.41. The Labute approximate surface area is 146 Å². The normalized spacial score (nSPS) is 11.0. The number of nitrogens with one attached hydrogen (secondary N) is 1. The lowest BCUT2D eigenvalue weighted by molar-refractivity contribution is 0.0912. The van der Waals surface area contributed by atoms with E-state index in [0.717, 1.165) is 5.56 Å². The summed E-state index contributed by atoms with van der Waals surface area (Å²) in [6.07, 6.45) is 0. The van der Waals surface area contributed by atoms with E-state index in [4.69, 9.17) is 26.8 Å². The second kappa shape index (κ2) is 7.01. The van der Waals surface area contributed by atoms with Crippen molar-refractivity contribution >= 4 is 23.2 Å². The summed E-state index contributed by atoms with van der Waals surface area (Å²) in [7, 11) is 3.15. The molecule has 0 spiro atoms. The van der Waals surface area contributed by atoms with E-state index in [1.165, 1.54) is 0 Å².